The third kappa shape index (κ3) is 4.13. The van der Waals surface area contributed by atoms with Crippen molar-refractivity contribution in [2.45, 2.75) is 19.6 Å². The fourth-order valence-electron chi connectivity index (χ4n) is 2.06. The number of rotatable bonds is 7. The third-order valence-electron chi connectivity index (χ3n) is 3.16. The number of nitro groups is 1. The first-order valence-electron chi connectivity index (χ1n) is 7.06. The van der Waals surface area contributed by atoms with Gasteiger partial charge in [-0.05, 0) is 18.2 Å². The predicted octanol–water partition coefficient (Wildman–Crippen LogP) is 2.69. The molecular formula is C14H11F2N5O4. The van der Waals surface area contributed by atoms with Gasteiger partial charge in [-0.15, -0.1) is 10.2 Å². The highest BCUT2D eigenvalue weighted by molar-refractivity contribution is 5.55. The minimum absolute atomic E-state index is 0.0175. The normalized spacial score (nSPS) is 11.0. The van der Waals surface area contributed by atoms with Crippen molar-refractivity contribution in [3.63, 3.8) is 0 Å². The molecule has 0 aliphatic carbocycles. The van der Waals surface area contributed by atoms with Crippen LogP contribution in [0.15, 0.2) is 41.1 Å². The largest absolute Gasteiger partial charge is 0.435 e. The van der Waals surface area contributed by atoms with Crippen LogP contribution in [-0.2, 0) is 13.0 Å². The molecule has 0 unspecified atom stereocenters. The number of nitrogens with zero attached hydrogens (tertiary/aromatic N) is 5. The zero-order chi connectivity index (χ0) is 17.8. The molecule has 3 aromatic rings. The lowest BCUT2D eigenvalue weighted by Crippen LogP contribution is -2.01. The van der Waals surface area contributed by atoms with Crippen molar-refractivity contribution in [1.82, 2.24) is 20.0 Å². The van der Waals surface area contributed by atoms with Crippen LogP contribution in [0.2, 0.25) is 0 Å². The summed E-state index contributed by atoms with van der Waals surface area (Å²) < 4.78 is 35.7. The predicted molar refractivity (Wildman–Crippen MR) is 79.0 cm³/mol. The summed E-state index contributed by atoms with van der Waals surface area (Å²) in [5, 5.41) is 22.2. The molecule has 0 saturated carbocycles. The van der Waals surface area contributed by atoms with E-state index in [0.29, 0.717) is 18.5 Å². The summed E-state index contributed by atoms with van der Waals surface area (Å²) in [6.45, 7) is -2.61. The number of aromatic nitrogens is 4. The number of halogens is 2. The first kappa shape index (κ1) is 16.5. The Morgan fingerprint density at radius 1 is 1.36 bits per heavy atom. The van der Waals surface area contributed by atoms with Crippen LogP contribution in [0.25, 0.3) is 11.5 Å². The van der Waals surface area contributed by atoms with Gasteiger partial charge in [0.25, 0.3) is 0 Å². The van der Waals surface area contributed by atoms with Crippen LogP contribution in [0.3, 0.4) is 0 Å². The molecule has 0 N–H and O–H groups in total. The van der Waals surface area contributed by atoms with Crippen LogP contribution in [0.1, 0.15) is 5.89 Å². The highest BCUT2D eigenvalue weighted by Gasteiger charge is 2.13. The van der Waals surface area contributed by atoms with Crippen molar-refractivity contribution in [3.05, 3.63) is 52.7 Å². The van der Waals surface area contributed by atoms with Crippen molar-refractivity contribution in [1.29, 1.82) is 0 Å². The molecule has 11 heteroatoms. The SMILES string of the molecule is O=[N+]([O-])c1cnn(CCc2nnc(-c3cccc(OC(F)F)c3)o2)c1. The average Bonchev–Trinajstić information content (AvgIpc) is 3.22. The highest BCUT2D eigenvalue weighted by Crippen LogP contribution is 2.24. The summed E-state index contributed by atoms with van der Waals surface area (Å²) in [6.07, 6.45) is 2.75. The summed E-state index contributed by atoms with van der Waals surface area (Å²) in [5.41, 5.74) is 0.327. The minimum atomic E-state index is -2.92. The lowest BCUT2D eigenvalue weighted by atomic mass is 10.2. The standard InChI is InChI=1S/C14H11F2N5O4/c15-14(16)24-11-3-1-2-9(6-11)13-19-18-12(25-13)4-5-20-8-10(7-17-20)21(22)23/h1-3,6-8,14H,4-5H2. The molecule has 25 heavy (non-hydrogen) atoms. The van der Waals surface area contributed by atoms with Crippen molar-refractivity contribution in [3.8, 4) is 17.2 Å². The fraction of sp³-hybridized carbons (Fsp3) is 0.214. The van der Waals surface area contributed by atoms with Gasteiger partial charge in [-0.3, -0.25) is 14.8 Å². The van der Waals surface area contributed by atoms with E-state index in [1.165, 1.54) is 29.1 Å². The topological polar surface area (TPSA) is 109 Å². The van der Waals surface area contributed by atoms with Crippen LogP contribution in [-0.4, -0.2) is 31.5 Å². The maximum absolute atomic E-state index is 12.2. The number of alkyl halides is 2. The maximum atomic E-state index is 12.2. The quantitative estimate of drug-likeness (QED) is 0.475. The van der Waals surface area contributed by atoms with Crippen molar-refractivity contribution >= 4 is 5.69 Å². The Hall–Kier alpha value is -3.37. The highest BCUT2D eigenvalue weighted by atomic mass is 19.3. The van der Waals surface area contributed by atoms with Gasteiger partial charge in [0.2, 0.25) is 11.8 Å². The number of aryl methyl sites for hydroxylation is 2. The van der Waals surface area contributed by atoms with E-state index in [4.69, 9.17) is 4.42 Å². The molecule has 0 atom stereocenters. The lowest BCUT2D eigenvalue weighted by molar-refractivity contribution is -0.385. The fourth-order valence-corrected chi connectivity index (χ4v) is 2.06. The second-order valence-electron chi connectivity index (χ2n) is 4.88. The molecule has 0 aliphatic heterocycles. The van der Waals surface area contributed by atoms with E-state index in [9.17, 15) is 18.9 Å². The van der Waals surface area contributed by atoms with Crippen LogP contribution < -0.4 is 4.74 Å². The monoisotopic (exact) mass is 351 g/mol. The van der Waals surface area contributed by atoms with E-state index in [1.54, 1.807) is 6.07 Å². The number of hydrogen-bond donors (Lipinski definition) is 0. The van der Waals surface area contributed by atoms with Gasteiger partial charge in [0.05, 0.1) is 4.92 Å². The van der Waals surface area contributed by atoms with Gasteiger partial charge in [0.15, 0.2) is 0 Å². The summed E-state index contributed by atoms with van der Waals surface area (Å²) in [4.78, 5) is 10.1. The van der Waals surface area contributed by atoms with Crippen LogP contribution in [0.4, 0.5) is 14.5 Å². The molecule has 0 aliphatic rings. The third-order valence-corrected chi connectivity index (χ3v) is 3.16. The van der Waals surface area contributed by atoms with Gasteiger partial charge in [-0.1, -0.05) is 6.07 Å². The lowest BCUT2D eigenvalue weighted by Gasteiger charge is -2.04. The van der Waals surface area contributed by atoms with Crippen molar-refractivity contribution in [2.75, 3.05) is 0 Å². The van der Waals surface area contributed by atoms with E-state index in [1.807, 2.05) is 0 Å². The Balaban J connectivity index is 1.66. The summed E-state index contributed by atoms with van der Waals surface area (Å²) in [7, 11) is 0. The number of hydrogen-bond acceptors (Lipinski definition) is 7. The van der Waals surface area contributed by atoms with Crippen LogP contribution in [0, 0.1) is 10.1 Å². The van der Waals surface area contributed by atoms with Crippen LogP contribution >= 0.6 is 0 Å². The zero-order valence-electron chi connectivity index (χ0n) is 12.6. The minimum Gasteiger partial charge on any atom is -0.435 e. The Morgan fingerprint density at radius 2 is 2.20 bits per heavy atom. The Labute approximate surface area is 139 Å². The number of ether oxygens (including phenoxy) is 1. The van der Waals surface area contributed by atoms with Gasteiger partial charge in [-0.2, -0.15) is 13.9 Å². The summed E-state index contributed by atoms with van der Waals surface area (Å²) in [6, 6.07) is 5.89. The van der Waals surface area contributed by atoms with E-state index in [-0.39, 0.29) is 23.2 Å². The van der Waals surface area contributed by atoms with Gasteiger partial charge in [-0.25, -0.2) is 0 Å². The maximum Gasteiger partial charge on any atom is 0.387 e. The molecule has 0 spiro atoms. The van der Waals surface area contributed by atoms with Gasteiger partial charge in [0, 0.05) is 18.5 Å². The van der Waals surface area contributed by atoms with Gasteiger partial charge >= 0.3 is 12.3 Å². The number of benzene rings is 1. The molecule has 2 heterocycles. The molecular weight excluding hydrogens is 340 g/mol. The van der Waals surface area contributed by atoms with E-state index < -0.39 is 11.5 Å². The molecule has 2 aromatic heterocycles. The second-order valence-corrected chi connectivity index (χ2v) is 4.88. The molecule has 0 radical (unpaired) electrons. The Morgan fingerprint density at radius 3 is 2.92 bits per heavy atom. The van der Waals surface area contributed by atoms with Crippen LogP contribution in [0.5, 0.6) is 5.75 Å². The molecule has 0 bridgehead atoms. The van der Waals surface area contributed by atoms with E-state index >= 15 is 0 Å². The summed E-state index contributed by atoms with van der Waals surface area (Å²) >= 11 is 0. The molecule has 3 rings (SSSR count). The van der Waals surface area contributed by atoms with Crippen molar-refractivity contribution in [2.24, 2.45) is 0 Å². The summed E-state index contributed by atoms with van der Waals surface area (Å²) in [5.74, 6) is 0.422. The van der Waals surface area contributed by atoms with Crippen molar-refractivity contribution < 1.29 is 22.9 Å². The van der Waals surface area contributed by atoms with E-state index in [0.717, 1.165) is 6.20 Å². The Bertz CT molecular complexity index is 879. The molecule has 0 fully saturated rings. The average molecular weight is 351 g/mol. The Kier molecular flexibility index (Phi) is 4.64. The second kappa shape index (κ2) is 7.03. The smallest absolute Gasteiger partial charge is 0.387 e. The van der Waals surface area contributed by atoms with Gasteiger partial charge in [0.1, 0.15) is 18.1 Å². The molecule has 0 amide bonds. The first-order valence-corrected chi connectivity index (χ1v) is 7.06. The van der Waals surface area contributed by atoms with E-state index in [2.05, 4.69) is 20.0 Å². The van der Waals surface area contributed by atoms with Gasteiger partial charge < -0.3 is 9.15 Å². The first-order chi connectivity index (χ1) is 12.0. The zero-order valence-corrected chi connectivity index (χ0v) is 12.6. The molecule has 130 valence electrons. The molecule has 0 saturated heterocycles. The molecule has 9 nitrogen and oxygen atoms in total. The molecule has 1 aromatic carbocycles.